The van der Waals surface area contributed by atoms with E-state index in [1.165, 1.54) is 23.2 Å². The fraction of sp³-hybridized carbons (Fsp3) is 0.556. The van der Waals surface area contributed by atoms with Crippen molar-refractivity contribution >= 4 is 21.6 Å². The molecular weight excluding hydrogens is 388 g/mol. The van der Waals surface area contributed by atoms with E-state index in [2.05, 4.69) is 5.10 Å². The zero-order chi connectivity index (χ0) is 19.2. The fourth-order valence-corrected chi connectivity index (χ4v) is 5.55. The summed E-state index contributed by atoms with van der Waals surface area (Å²) in [6.07, 6.45) is 4.12. The van der Waals surface area contributed by atoms with Crippen LogP contribution in [0.2, 0.25) is 5.02 Å². The highest BCUT2D eigenvalue weighted by Crippen LogP contribution is 2.30. The van der Waals surface area contributed by atoms with Crippen molar-refractivity contribution in [2.45, 2.75) is 56.1 Å². The zero-order valence-corrected chi connectivity index (χ0v) is 16.8. The molecule has 9 heteroatoms. The van der Waals surface area contributed by atoms with Crippen molar-refractivity contribution in [1.82, 2.24) is 18.7 Å². The van der Waals surface area contributed by atoms with Gasteiger partial charge in [-0.15, -0.1) is 0 Å². The third-order valence-electron chi connectivity index (χ3n) is 5.52. The lowest BCUT2D eigenvalue weighted by Gasteiger charge is -2.26. The van der Waals surface area contributed by atoms with E-state index in [4.69, 9.17) is 11.6 Å². The van der Waals surface area contributed by atoms with Crippen LogP contribution in [0.3, 0.4) is 0 Å². The van der Waals surface area contributed by atoms with Crippen molar-refractivity contribution in [3.8, 4) is 0 Å². The molecule has 1 atom stereocenters. The lowest BCUT2D eigenvalue weighted by molar-refractivity contribution is 0.328. The molecule has 1 unspecified atom stereocenters. The van der Waals surface area contributed by atoms with Crippen LogP contribution in [0.15, 0.2) is 34.0 Å². The maximum Gasteiger partial charge on any atom is 0.345 e. The fourth-order valence-electron chi connectivity index (χ4n) is 3.65. The number of aryl methyl sites for hydroxylation is 1. The summed E-state index contributed by atoms with van der Waals surface area (Å²) in [7, 11) is -2.11. The Bertz CT molecular complexity index is 1010. The molecule has 1 aliphatic heterocycles. The van der Waals surface area contributed by atoms with Crippen molar-refractivity contribution in [3.63, 3.8) is 0 Å². The second kappa shape index (κ2) is 7.07. The summed E-state index contributed by atoms with van der Waals surface area (Å²) in [5.41, 5.74) is -0.0748. The van der Waals surface area contributed by atoms with Gasteiger partial charge in [-0.05, 0) is 43.7 Å². The highest BCUT2D eigenvalue weighted by Gasteiger charge is 2.32. The second-order valence-electron chi connectivity index (χ2n) is 7.41. The first-order chi connectivity index (χ1) is 12.9. The summed E-state index contributed by atoms with van der Waals surface area (Å²) in [5.74, 6) is 1.34. The molecule has 1 aromatic heterocycles. The predicted octanol–water partition coefficient (Wildman–Crippen LogP) is 2.13. The van der Waals surface area contributed by atoms with E-state index in [1.54, 1.807) is 34.5 Å². The molecule has 2 aliphatic rings. The van der Waals surface area contributed by atoms with Crippen molar-refractivity contribution in [3.05, 3.63) is 45.6 Å². The van der Waals surface area contributed by atoms with Crippen LogP contribution < -0.4 is 5.69 Å². The quantitative estimate of drug-likeness (QED) is 0.756. The van der Waals surface area contributed by atoms with Crippen LogP contribution in [0, 0.1) is 5.92 Å². The molecule has 2 heterocycles. The number of sulfonamides is 1. The Kier molecular flexibility index (Phi) is 4.90. The highest BCUT2D eigenvalue weighted by atomic mass is 35.5. The maximum absolute atomic E-state index is 13.0. The van der Waals surface area contributed by atoms with Crippen LogP contribution in [-0.2, 0) is 29.5 Å². The summed E-state index contributed by atoms with van der Waals surface area (Å²) in [6.45, 7) is 1.18. The molecule has 146 valence electrons. The van der Waals surface area contributed by atoms with E-state index < -0.39 is 10.0 Å². The Hall–Kier alpha value is -1.64. The average molecular weight is 411 g/mol. The van der Waals surface area contributed by atoms with Crippen LogP contribution in [-0.4, -0.2) is 40.2 Å². The minimum absolute atomic E-state index is 0.0748. The van der Waals surface area contributed by atoms with Gasteiger partial charge in [-0.3, -0.25) is 4.57 Å². The van der Waals surface area contributed by atoms with Crippen LogP contribution in [0.1, 0.15) is 31.5 Å². The Morgan fingerprint density at radius 2 is 1.96 bits per heavy atom. The van der Waals surface area contributed by atoms with Crippen molar-refractivity contribution in [2.75, 3.05) is 7.05 Å². The van der Waals surface area contributed by atoms with Crippen LogP contribution in [0.25, 0.3) is 0 Å². The molecule has 1 aliphatic carbocycles. The van der Waals surface area contributed by atoms with Gasteiger partial charge in [0.1, 0.15) is 10.7 Å². The monoisotopic (exact) mass is 410 g/mol. The second-order valence-corrected chi connectivity index (χ2v) is 9.78. The first kappa shape index (κ1) is 18.7. The molecule has 0 radical (unpaired) electrons. The molecule has 27 heavy (non-hydrogen) atoms. The normalized spacial score (nSPS) is 20.5. The molecule has 0 saturated heterocycles. The molecule has 1 aromatic carbocycles. The standard InChI is InChI=1S/C18H23ClN4O3S/c1-21(27(25,26)16-5-3-2-4-15(16)19)14-8-9-17-20-23(12-13-6-7-13)18(24)22(17)11-10-14/h2-5,13-14H,6-12H2,1H3. The molecule has 0 amide bonds. The summed E-state index contributed by atoms with van der Waals surface area (Å²) in [6, 6.07) is 6.26. The smallest absolute Gasteiger partial charge is 0.279 e. The van der Waals surface area contributed by atoms with Crippen molar-refractivity contribution in [1.29, 1.82) is 0 Å². The third-order valence-corrected chi connectivity index (χ3v) is 7.93. The number of rotatable bonds is 5. The molecule has 7 nitrogen and oxygen atoms in total. The summed E-state index contributed by atoms with van der Waals surface area (Å²) in [4.78, 5) is 12.7. The van der Waals surface area contributed by atoms with E-state index in [-0.39, 0.29) is 21.6 Å². The SMILES string of the molecule is CN(C1CCc2nn(CC3CC3)c(=O)n2CC1)S(=O)(=O)c1ccccc1Cl. The number of fused-ring (bicyclic) bond motifs is 1. The predicted molar refractivity (Wildman–Crippen MR) is 102 cm³/mol. The number of halogens is 1. The van der Waals surface area contributed by atoms with E-state index in [0.29, 0.717) is 38.3 Å². The highest BCUT2D eigenvalue weighted by molar-refractivity contribution is 7.89. The van der Waals surface area contributed by atoms with Gasteiger partial charge in [-0.1, -0.05) is 23.7 Å². The van der Waals surface area contributed by atoms with Gasteiger partial charge < -0.3 is 0 Å². The van der Waals surface area contributed by atoms with E-state index in [9.17, 15) is 13.2 Å². The number of hydrogen-bond donors (Lipinski definition) is 0. The van der Waals surface area contributed by atoms with Gasteiger partial charge in [-0.25, -0.2) is 17.9 Å². The van der Waals surface area contributed by atoms with Gasteiger partial charge in [-0.2, -0.15) is 9.40 Å². The summed E-state index contributed by atoms with van der Waals surface area (Å²) < 4.78 is 30.6. The van der Waals surface area contributed by atoms with Crippen LogP contribution in [0.5, 0.6) is 0 Å². The molecule has 0 bridgehead atoms. The molecule has 4 rings (SSSR count). The van der Waals surface area contributed by atoms with Gasteiger partial charge in [0, 0.05) is 32.6 Å². The Morgan fingerprint density at radius 1 is 1.22 bits per heavy atom. The Labute approximate surface area is 163 Å². The average Bonchev–Trinajstić information content (AvgIpc) is 3.43. The van der Waals surface area contributed by atoms with Crippen LogP contribution >= 0.6 is 11.6 Å². The minimum atomic E-state index is -3.69. The van der Waals surface area contributed by atoms with Crippen LogP contribution in [0.4, 0.5) is 0 Å². The largest absolute Gasteiger partial charge is 0.345 e. The lowest BCUT2D eigenvalue weighted by atomic mass is 10.1. The lowest BCUT2D eigenvalue weighted by Crippen LogP contribution is -2.38. The van der Waals surface area contributed by atoms with E-state index >= 15 is 0 Å². The number of hydrogen-bond acceptors (Lipinski definition) is 4. The first-order valence-corrected chi connectivity index (χ1v) is 11.1. The topological polar surface area (TPSA) is 77.2 Å². The Balaban J connectivity index is 1.53. The van der Waals surface area contributed by atoms with E-state index in [1.807, 2.05) is 0 Å². The minimum Gasteiger partial charge on any atom is -0.279 e. The molecule has 1 saturated carbocycles. The molecule has 1 fully saturated rings. The molecule has 0 spiro atoms. The molecule has 2 aromatic rings. The van der Waals surface area contributed by atoms with E-state index in [0.717, 1.165) is 5.82 Å². The van der Waals surface area contributed by atoms with Gasteiger partial charge in [0.2, 0.25) is 10.0 Å². The third kappa shape index (κ3) is 3.58. The number of aromatic nitrogens is 3. The van der Waals surface area contributed by atoms with Crippen molar-refractivity contribution < 1.29 is 8.42 Å². The van der Waals surface area contributed by atoms with Gasteiger partial charge >= 0.3 is 5.69 Å². The Morgan fingerprint density at radius 3 is 2.67 bits per heavy atom. The molecular formula is C18H23ClN4O3S. The maximum atomic E-state index is 13.0. The first-order valence-electron chi connectivity index (χ1n) is 9.27. The summed E-state index contributed by atoms with van der Waals surface area (Å²) in [5, 5.41) is 4.71. The summed E-state index contributed by atoms with van der Waals surface area (Å²) >= 11 is 6.10. The van der Waals surface area contributed by atoms with Gasteiger partial charge in [0.25, 0.3) is 0 Å². The van der Waals surface area contributed by atoms with Gasteiger partial charge in [0.15, 0.2) is 0 Å². The zero-order valence-electron chi connectivity index (χ0n) is 15.2. The number of nitrogens with zero attached hydrogens (tertiary/aromatic N) is 4. The van der Waals surface area contributed by atoms with Crippen molar-refractivity contribution in [2.24, 2.45) is 5.92 Å². The molecule has 0 N–H and O–H groups in total. The number of benzene rings is 1. The van der Waals surface area contributed by atoms with Gasteiger partial charge in [0.05, 0.1) is 5.02 Å².